The summed E-state index contributed by atoms with van der Waals surface area (Å²) in [5, 5.41) is 0. The van der Waals surface area contributed by atoms with Gasteiger partial charge in [0, 0.05) is 31.5 Å². The molecule has 0 N–H and O–H groups in total. The van der Waals surface area contributed by atoms with Crippen molar-refractivity contribution in [2.24, 2.45) is 0 Å². The van der Waals surface area contributed by atoms with Crippen LogP contribution < -0.4 is 4.90 Å². The highest BCUT2D eigenvalue weighted by molar-refractivity contribution is 6.11. The number of pyridine rings is 1. The van der Waals surface area contributed by atoms with Crippen LogP contribution in [0.25, 0.3) is 5.52 Å². The average Bonchev–Trinajstić information content (AvgIpc) is 3.35. The van der Waals surface area contributed by atoms with Crippen molar-refractivity contribution in [2.75, 3.05) is 24.5 Å². The first-order valence-corrected chi connectivity index (χ1v) is 9.90. The molecule has 1 saturated heterocycles. The minimum atomic E-state index is -0.147. The zero-order valence-corrected chi connectivity index (χ0v) is 15.7. The molecule has 0 aliphatic carbocycles. The molecule has 142 valence electrons. The van der Waals surface area contributed by atoms with Crippen LogP contribution in [0.4, 0.5) is 5.69 Å². The normalized spacial score (nSPS) is 16.4. The lowest BCUT2D eigenvalue weighted by Gasteiger charge is -2.25. The first-order valence-electron chi connectivity index (χ1n) is 9.90. The molecule has 0 bridgehead atoms. The van der Waals surface area contributed by atoms with Gasteiger partial charge < -0.3 is 9.80 Å². The highest BCUT2D eigenvalue weighted by Gasteiger charge is 2.31. The largest absolute Gasteiger partial charge is 0.336 e. The van der Waals surface area contributed by atoms with Crippen molar-refractivity contribution in [3.63, 3.8) is 0 Å². The Morgan fingerprint density at radius 1 is 0.857 bits per heavy atom. The van der Waals surface area contributed by atoms with Gasteiger partial charge in [0.25, 0.3) is 11.8 Å². The summed E-state index contributed by atoms with van der Waals surface area (Å²) < 4.78 is 1.76. The molecule has 28 heavy (non-hydrogen) atoms. The summed E-state index contributed by atoms with van der Waals surface area (Å²) in [5.74, 6) is 0.0847. The molecule has 0 saturated carbocycles. The van der Waals surface area contributed by atoms with Crippen molar-refractivity contribution in [2.45, 2.75) is 25.7 Å². The van der Waals surface area contributed by atoms with Gasteiger partial charge in [0.1, 0.15) is 0 Å². The summed E-state index contributed by atoms with van der Waals surface area (Å²) in [6.45, 7) is 2.14. The second-order valence-electron chi connectivity index (χ2n) is 7.43. The van der Waals surface area contributed by atoms with Crippen molar-refractivity contribution in [1.82, 2.24) is 14.3 Å². The summed E-state index contributed by atoms with van der Waals surface area (Å²) in [6, 6.07) is 13.6. The number of nitrogens with zero attached hydrogens (tertiary/aromatic N) is 4. The Hall–Kier alpha value is -3.15. The minimum Gasteiger partial charge on any atom is -0.336 e. The van der Waals surface area contributed by atoms with E-state index < -0.39 is 0 Å². The van der Waals surface area contributed by atoms with E-state index in [4.69, 9.17) is 0 Å². The number of hydrogen-bond donors (Lipinski definition) is 0. The Bertz CT molecular complexity index is 1070. The van der Waals surface area contributed by atoms with Crippen LogP contribution in [0.15, 0.2) is 48.7 Å². The third kappa shape index (κ3) is 2.68. The standard InChI is InChI=1S/C22H22N4O2/c27-21(26-15-11-16-8-2-3-9-17(16)26)19-18-10-4-7-14-25(18)20(23-19)22(28)24-12-5-1-6-13-24/h2-4,7-10,14H,1,5-6,11-13,15H2. The van der Waals surface area contributed by atoms with Crippen molar-refractivity contribution in [1.29, 1.82) is 0 Å². The van der Waals surface area contributed by atoms with E-state index in [-0.39, 0.29) is 11.8 Å². The monoisotopic (exact) mass is 374 g/mol. The summed E-state index contributed by atoms with van der Waals surface area (Å²) in [5.41, 5.74) is 3.13. The number of fused-ring (bicyclic) bond motifs is 2. The molecule has 5 rings (SSSR count). The molecule has 4 heterocycles. The predicted octanol–water partition coefficient (Wildman–Crippen LogP) is 3.16. The molecule has 0 unspecified atom stereocenters. The minimum absolute atomic E-state index is 0.0956. The van der Waals surface area contributed by atoms with Gasteiger partial charge in [-0.25, -0.2) is 4.98 Å². The van der Waals surface area contributed by atoms with Gasteiger partial charge in [0.15, 0.2) is 5.69 Å². The maximum absolute atomic E-state index is 13.4. The Morgan fingerprint density at radius 2 is 1.64 bits per heavy atom. The van der Waals surface area contributed by atoms with Crippen molar-refractivity contribution < 1.29 is 9.59 Å². The topological polar surface area (TPSA) is 57.9 Å². The molecule has 2 aliphatic rings. The fourth-order valence-corrected chi connectivity index (χ4v) is 4.26. The third-order valence-corrected chi connectivity index (χ3v) is 5.72. The molecular formula is C22H22N4O2. The van der Waals surface area contributed by atoms with Gasteiger partial charge in [0.05, 0.1) is 5.52 Å². The highest BCUT2D eigenvalue weighted by atomic mass is 16.2. The van der Waals surface area contributed by atoms with Crippen molar-refractivity contribution in [3.8, 4) is 0 Å². The molecule has 0 atom stereocenters. The van der Waals surface area contributed by atoms with E-state index in [2.05, 4.69) is 11.1 Å². The molecular weight excluding hydrogens is 352 g/mol. The van der Waals surface area contributed by atoms with Gasteiger partial charge in [-0.1, -0.05) is 24.3 Å². The van der Waals surface area contributed by atoms with E-state index in [9.17, 15) is 9.59 Å². The van der Waals surface area contributed by atoms with E-state index in [0.29, 0.717) is 23.6 Å². The smallest absolute Gasteiger partial charge is 0.290 e. The van der Waals surface area contributed by atoms with Crippen LogP contribution in [0.5, 0.6) is 0 Å². The van der Waals surface area contributed by atoms with Crippen LogP contribution in [0, 0.1) is 0 Å². The first kappa shape index (κ1) is 17.0. The number of carbonyl (C=O) groups excluding carboxylic acids is 2. The van der Waals surface area contributed by atoms with Crippen LogP contribution >= 0.6 is 0 Å². The molecule has 6 heteroatoms. The lowest BCUT2D eigenvalue weighted by atomic mass is 10.1. The summed E-state index contributed by atoms with van der Waals surface area (Å²) in [6.07, 6.45) is 5.85. The summed E-state index contributed by atoms with van der Waals surface area (Å²) >= 11 is 0. The van der Waals surface area contributed by atoms with Crippen LogP contribution in [0.2, 0.25) is 0 Å². The molecule has 3 aromatic rings. The molecule has 1 fully saturated rings. The predicted molar refractivity (Wildman–Crippen MR) is 107 cm³/mol. The second kappa shape index (κ2) is 6.78. The lowest BCUT2D eigenvalue weighted by Crippen LogP contribution is -2.36. The number of piperidine rings is 1. The third-order valence-electron chi connectivity index (χ3n) is 5.72. The van der Waals surface area contributed by atoms with Gasteiger partial charge in [-0.05, 0) is 49.4 Å². The molecule has 2 aromatic heterocycles. The first-order chi connectivity index (χ1) is 13.7. The van der Waals surface area contributed by atoms with Gasteiger partial charge in [0.2, 0.25) is 5.82 Å². The van der Waals surface area contributed by atoms with Crippen LogP contribution in [0.1, 0.15) is 45.9 Å². The van der Waals surface area contributed by atoms with Crippen molar-refractivity contribution >= 4 is 23.0 Å². The van der Waals surface area contributed by atoms with Crippen LogP contribution in [-0.4, -0.2) is 45.7 Å². The number of amides is 2. The quantitative estimate of drug-likeness (QED) is 0.692. The van der Waals surface area contributed by atoms with E-state index in [1.54, 1.807) is 9.30 Å². The fourth-order valence-electron chi connectivity index (χ4n) is 4.26. The van der Waals surface area contributed by atoms with Gasteiger partial charge >= 0.3 is 0 Å². The molecule has 2 aliphatic heterocycles. The number of carbonyl (C=O) groups is 2. The maximum atomic E-state index is 13.4. The number of imidazole rings is 1. The molecule has 1 aromatic carbocycles. The van der Waals surface area contributed by atoms with Crippen LogP contribution in [0.3, 0.4) is 0 Å². The van der Waals surface area contributed by atoms with Gasteiger partial charge in [-0.2, -0.15) is 0 Å². The number of benzene rings is 1. The molecule has 2 amide bonds. The molecule has 0 radical (unpaired) electrons. The fraction of sp³-hybridized carbons (Fsp3) is 0.318. The van der Waals surface area contributed by atoms with E-state index in [1.807, 2.05) is 47.5 Å². The Kier molecular flexibility index (Phi) is 4.11. The SMILES string of the molecule is O=C(c1nc(C(=O)N2CCc3ccccc32)c2ccccn12)N1CCCCC1. The summed E-state index contributed by atoms with van der Waals surface area (Å²) in [4.78, 5) is 34.6. The number of hydrogen-bond acceptors (Lipinski definition) is 3. The Balaban J connectivity index is 1.55. The zero-order chi connectivity index (χ0) is 19.1. The average molecular weight is 374 g/mol. The zero-order valence-electron chi connectivity index (χ0n) is 15.7. The lowest BCUT2D eigenvalue weighted by molar-refractivity contribution is 0.0711. The maximum Gasteiger partial charge on any atom is 0.290 e. The number of likely N-dealkylation sites (tertiary alicyclic amines) is 1. The molecule has 0 spiro atoms. The number of anilines is 1. The summed E-state index contributed by atoms with van der Waals surface area (Å²) in [7, 11) is 0. The van der Waals surface area contributed by atoms with Gasteiger partial charge in [-0.15, -0.1) is 0 Å². The van der Waals surface area contributed by atoms with E-state index >= 15 is 0 Å². The molecule has 6 nitrogen and oxygen atoms in total. The van der Waals surface area contributed by atoms with Crippen molar-refractivity contribution in [3.05, 3.63) is 65.7 Å². The van der Waals surface area contributed by atoms with Gasteiger partial charge in [-0.3, -0.25) is 14.0 Å². The van der Waals surface area contributed by atoms with E-state index in [1.165, 1.54) is 5.56 Å². The van der Waals surface area contributed by atoms with Crippen LogP contribution in [-0.2, 0) is 6.42 Å². The second-order valence-corrected chi connectivity index (χ2v) is 7.43. The highest BCUT2D eigenvalue weighted by Crippen LogP contribution is 2.29. The Labute approximate surface area is 163 Å². The number of para-hydroxylation sites is 1. The number of aromatic nitrogens is 2. The number of rotatable bonds is 2. The Morgan fingerprint density at radius 3 is 2.50 bits per heavy atom. The van der Waals surface area contributed by atoms with E-state index in [0.717, 1.165) is 44.5 Å².